The normalized spacial score (nSPS) is 15.9. The van der Waals surface area contributed by atoms with Crippen LogP contribution in [0.3, 0.4) is 0 Å². The number of alkyl halides is 3. The van der Waals surface area contributed by atoms with Crippen molar-refractivity contribution in [3.63, 3.8) is 0 Å². The van der Waals surface area contributed by atoms with Gasteiger partial charge in [-0.2, -0.15) is 13.2 Å². The molecule has 2 nitrogen and oxygen atoms in total. The van der Waals surface area contributed by atoms with Gasteiger partial charge in [0.15, 0.2) is 0 Å². The van der Waals surface area contributed by atoms with E-state index in [0.29, 0.717) is 0 Å². The summed E-state index contributed by atoms with van der Waals surface area (Å²) in [6, 6.07) is 0. The first kappa shape index (κ1) is 12.7. The van der Waals surface area contributed by atoms with Crippen LogP contribution >= 0.6 is 0 Å². The van der Waals surface area contributed by atoms with Crippen molar-refractivity contribution in [1.29, 1.82) is 0 Å². The molecular weight excluding hydrogens is 183 g/mol. The van der Waals surface area contributed by atoms with Crippen LogP contribution in [0.2, 0.25) is 0 Å². The van der Waals surface area contributed by atoms with Crippen LogP contribution in [0.4, 0.5) is 13.2 Å². The number of halogens is 3. The van der Waals surface area contributed by atoms with Gasteiger partial charge in [-0.15, -0.1) is 0 Å². The molecule has 0 aromatic rings. The Kier molecular flexibility index (Phi) is 4.19. The third-order valence-corrected chi connectivity index (χ3v) is 1.63. The molecule has 5 heteroatoms. The molecule has 0 aliphatic carbocycles. The maximum absolute atomic E-state index is 11.8. The molecule has 1 unspecified atom stereocenters. The fourth-order valence-electron chi connectivity index (χ4n) is 0.867. The monoisotopic (exact) mass is 199 g/mol. The van der Waals surface area contributed by atoms with Gasteiger partial charge in [-0.1, -0.05) is 20.8 Å². The zero-order valence-corrected chi connectivity index (χ0v) is 8.11. The minimum absolute atomic E-state index is 0.0968. The molecule has 0 aromatic carbocycles. The molecule has 80 valence electrons. The summed E-state index contributed by atoms with van der Waals surface area (Å²) in [7, 11) is 0. The largest absolute Gasteiger partial charge is 0.411 e. The standard InChI is InChI=1S/C8H16F3NO/c1-7(2,3)6(4-12)13-5-8(9,10)11/h6H,4-5,12H2,1-3H3. The number of ether oxygens (including phenoxy) is 1. The summed E-state index contributed by atoms with van der Waals surface area (Å²) in [4.78, 5) is 0. The van der Waals surface area contributed by atoms with Gasteiger partial charge in [0.2, 0.25) is 0 Å². The molecule has 0 saturated carbocycles. The zero-order chi connectivity index (χ0) is 10.7. The van der Waals surface area contributed by atoms with Crippen molar-refractivity contribution in [1.82, 2.24) is 0 Å². The number of hydrogen-bond donors (Lipinski definition) is 1. The van der Waals surface area contributed by atoms with E-state index in [9.17, 15) is 13.2 Å². The predicted molar refractivity (Wildman–Crippen MR) is 44.3 cm³/mol. The highest BCUT2D eigenvalue weighted by Gasteiger charge is 2.32. The van der Waals surface area contributed by atoms with Crippen molar-refractivity contribution in [3.05, 3.63) is 0 Å². The molecule has 0 bridgehead atoms. The summed E-state index contributed by atoms with van der Waals surface area (Å²) in [5.41, 5.74) is 4.93. The number of hydrogen-bond acceptors (Lipinski definition) is 2. The molecular formula is C8H16F3NO. The lowest BCUT2D eigenvalue weighted by molar-refractivity contribution is -0.193. The highest BCUT2D eigenvalue weighted by Crippen LogP contribution is 2.24. The van der Waals surface area contributed by atoms with Crippen LogP contribution in [-0.4, -0.2) is 25.4 Å². The van der Waals surface area contributed by atoms with Crippen LogP contribution in [0.1, 0.15) is 20.8 Å². The van der Waals surface area contributed by atoms with Crippen molar-refractivity contribution in [2.45, 2.75) is 33.1 Å². The average molecular weight is 199 g/mol. The first-order valence-electron chi connectivity index (χ1n) is 4.05. The van der Waals surface area contributed by atoms with Crippen molar-refractivity contribution >= 4 is 0 Å². The van der Waals surface area contributed by atoms with Gasteiger partial charge in [-0.05, 0) is 5.41 Å². The molecule has 0 amide bonds. The highest BCUT2D eigenvalue weighted by atomic mass is 19.4. The van der Waals surface area contributed by atoms with Crippen LogP contribution < -0.4 is 5.73 Å². The molecule has 0 aliphatic rings. The topological polar surface area (TPSA) is 35.2 Å². The highest BCUT2D eigenvalue weighted by molar-refractivity contribution is 4.75. The Morgan fingerprint density at radius 1 is 1.23 bits per heavy atom. The molecule has 1 atom stereocenters. The van der Waals surface area contributed by atoms with Gasteiger partial charge < -0.3 is 10.5 Å². The summed E-state index contributed by atoms with van der Waals surface area (Å²) in [5.74, 6) is 0. The first-order valence-corrected chi connectivity index (χ1v) is 4.05. The number of rotatable bonds is 3. The Balaban J connectivity index is 4.02. The molecule has 0 saturated heterocycles. The lowest BCUT2D eigenvalue weighted by Crippen LogP contribution is -2.38. The number of nitrogens with two attached hydrogens (primary N) is 1. The first-order chi connectivity index (χ1) is 5.67. The molecule has 0 radical (unpaired) electrons. The Hall–Kier alpha value is -0.290. The Labute approximate surface area is 76.2 Å². The van der Waals surface area contributed by atoms with Crippen LogP contribution in [0.15, 0.2) is 0 Å². The van der Waals surface area contributed by atoms with Gasteiger partial charge in [0.25, 0.3) is 0 Å². The predicted octanol–water partition coefficient (Wildman–Crippen LogP) is 1.94. The fourth-order valence-corrected chi connectivity index (χ4v) is 0.867. The Bertz CT molecular complexity index is 150. The van der Waals surface area contributed by atoms with Crippen molar-refractivity contribution in [3.8, 4) is 0 Å². The molecule has 0 heterocycles. The third-order valence-electron chi connectivity index (χ3n) is 1.63. The van der Waals surface area contributed by atoms with E-state index in [1.54, 1.807) is 20.8 Å². The van der Waals surface area contributed by atoms with E-state index in [1.165, 1.54) is 0 Å². The van der Waals surface area contributed by atoms with Gasteiger partial charge in [0.05, 0.1) is 6.10 Å². The van der Waals surface area contributed by atoms with Crippen molar-refractivity contribution < 1.29 is 17.9 Å². The molecule has 13 heavy (non-hydrogen) atoms. The molecule has 0 aromatic heterocycles. The smallest absolute Gasteiger partial charge is 0.367 e. The Morgan fingerprint density at radius 3 is 1.92 bits per heavy atom. The fraction of sp³-hybridized carbons (Fsp3) is 1.00. The molecule has 0 aliphatic heterocycles. The maximum atomic E-state index is 11.8. The van der Waals surface area contributed by atoms with Crippen molar-refractivity contribution in [2.24, 2.45) is 11.1 Å². The summed E-state index contributed by atoms with van der Waals surface area (Å²) < 4.78 is 40.0. The molecule has 2 N–H and O–H groups in total. The van der Waals surface area contributed by atoms with Gasteiger partial charge in [-0.3, -0.25) is 0 Å². The Morgan fingerprint density at radius 2 is 1.69 bits per heavy atom. The van der Waals surface area contributed by atoms with E-state index in [0.717, 1.165) is 0 Å². The van der Waals surface area contributed by atoms with Crippen LogP contribution in [0, 0.1) is 5.41 Å². The quantitative estimate of drug-likeness (QED) is 0.753. The van der Waals surface area contributed by atoms with Crippen LogP contribution in [-0.2, 0) is 4.74 Å². The minimum Gasteiger partial charge on any atom is -0.367 e. The van der Waals surface area contributed by atoms with E-state index in [1.807, 2.05) is 0 Å². The molecule has 0 spiro atoms. The SMILES string of the molecule is CC(C)(C)C(CN)OCC(F)(F)F. The summed E-state index contributed by atoms with van der Waals surface area (Å²) in [6.45, 7) is 4.24. The van der Waals surface area contributed by atoms with Crippen LogP contribution in [0.5, 0.6) is 0 Å². The van der Waals surface area contributed by atoms with Gasteiger partial charge in [0.1, 0.15) is 6.61 Å². The zero-order valence-electron chi connectivity index (χ0n) is 8.11. The van der Waals surface area contributed by atoms with Gasteiger partial charge in [0, 0.05) is 6.54 Å². The molecule has 0 rings (SSSR count). The molecule has 0 fully saturated rings. The minimum atomic E-state index is -4.28. The summed E-state index contributed by atoms with van der Waals surface area (Å²) in [5, 5.41) is 0. The summed E-state index contributed by atoms with van der Waals surface area (Å²) in [6.07, 6.45) is -4.84. The van der Waals surface area contributed by atoms with Crippen LogP contribution in [0.25, 0.3) is 0 Å². The van der Waals surface area contributed by atoms with E-state index < -0.39 is 18.9 Å². The van der Waals surface area contributed by atoms with E-state index in [4.69, 9.17) is 5.73 Å². The van der Waals surface area contributed by atoms with Crippen molar-refractivity contribution in [2.75, 3.05) is 13.2 Å². The second-order valence-electron chi connectivity index (χ2n) is 4.02. The van der Waals surface area contributed by atoms with Gasteiger partial charge in [-0.25, -0.2) is 0 Å². The van der Waals surface area contributed by atoms with E-state index in [-0.39, 0.29) is 12.0 Å². The average Bonchev–Trinajstić information content (AvgIpc) is 1.82. The van der Waals surface area contributed by atoms with Gasteiger partial charge >= 0.3 is 6.18 Å². The lowest BCUT2D eigenvalue weighted by atomic mass is 9.89. The maximum Gasteiger partial charge on any atom is 0.411 e. The second-order valence-corrected chi connectivity index (χ2v) is 4.02. The third kappa shape index (κ3) is 5.87. The van der Waals surface area contributed by atoms with E-state index >= 15 is 0 Å². The van der Waals surface area contributed by atoms with E-state index in [2.05, 4.69) is 4.74 Å². The lowest BCUT2D eigenvalue weighted by Gasteiger charge is -2.29. The summed E-state index contributed by atoms with van der Waals surface area (Å²) >= 11 is 0. The second kappa shape index (κ2) is 4.28.